The summed E-state index contributed by atoms with van der Waals surface area (Å²) in [5.41, 5.74) is 11.8. The fourth-order valence-electron chi connectivity index (χ4n) is 2.38. The molecule has 0 saturated carbocycles. The van der Waals surface area contributed by atoms with Gasteiger partial charge in [0, 0.05) is 17.5 Å². The van der Waals surface area contributed by atoms with Gasteiger partial charge in [-0.25, -0.2) is 0 Å². The molecule has 0 aliphatic heterocycles. The summed E-state index contributed by atoms with van der Waals surface area (Å²) in [6.07, 6.45) is 1.83. The minimum atomic E-state index is -0.611. The Bertz CT molecular complexity index is 605. The molecule has 0 bridgehead atoms. The van der Waals surface area contributed by atoms with Gasteiger partial charge in [0.1, 0.15) is 0 Å². The van der Waals surface area contributed by atoms with Crippen LogP contribution in [0.4, 0.5) is 0 Å². The Morgan fingerprint density at radius 2 is 1.43 bits per heavy atom. The average molecular weight is 318 g/mol. The Morgan fingerprint density at radius 1 is 0.913 bits per heavy atom. The van der Waals surface area contributed by atoms with Crippen LogP contribution in [0, 0.1) is 0 Å². The third kappa shape index (κ3) is 5.65. The first-order valence-corrected chi connectivity index (χ1v) is 7.47. The molecule has 1 aromatic carbocycles. The minimum absolute atomic E-state index is 0.189. The lowest BCUT2D eigenvalue weighted by atomic mass is 9.89. The molecule has 0 aliphatic rings. The van der Waals surface area contributed by atoms with Gasteiger partial charge in [-0.1, -0.05) is 6.42 Å². The molecule has 0 aliphatic carbocycles. The van der Waals surface area contributed by atoms with Crippen LogP contribution in [0.25, 0.3) is 0 Å². The molecule has 0 saturated heterocycles. The average Bonchev–Trinajstić information content (AvgIpc) is 2.45. The molecular weight excluding hydrogens is 296 g/mol. The molecule has 4 N–H and O–H groups in total. The number of Topliss-reactive ketones (excluding diaryl/α,β-unsaturated/α-hetero) is 2. The van der Waals surface area contributed by atoms with Crippen LogP contribution >= 0.6 is 0 Å². The Hall–Kier alpha value is -2.50. The Kier molecular flexibility index (Phi) is 6.63. The highest BCUT2D eigenvalue weighted by Gasteiger charge is 2.20. The lowest BCUT2D eigenvalue weighted by Gasteiger charge is -2.15. The summed E-state index contributed by atoms with van der Waals surface area (Å²) in [5.74, 6) is -1.91. The summed E-state index contributed by atoms with van der Waals surface area (Å²) in [6, 6.07) is 4.70. The number of ketones is 2. The van der Waals surface area contributed by atoms with Gasteiger partial charge in [-0.3, -0.25) is 19.2 Å². The van der Waals surface area contributed by atoms with E-state index in [-0.39, 0.29) is 18.0 Å². The summed E-state index contributed by atoms with van der Waals surface area (Å²) in [4.78, 5) is 45.7. The molecule has 2 amide bonds. The second-order valence-electron chi connectivity index (χ2n) is 5.62. The van der Waals surface area contributed by atoms with E-state index in [9.17, 15) is 19.2 Å². The van der Waals surface area contributed by atoms with Crippen LogP contribution in [0.5, 0.6) is 0 Å². The van der Waals surface area contributed by atoms with E-state index < -0.39 is 17.7 Å². The first-order valence-electron chi connectivity index (χ1n) is 7.47. The highest BCUT2D eigenvalue weighted by Crippen LogP contribution is 2.25. The molecule has 0 heterocycles. The van der Waals surface area contributed by atoms with Gasteiger partial charge < -0.3 is 11.5 Å². The van der Waals surface area contributed by atoms with Crippen molar-refractivity contribution in [1.29, 1.82) is 0 Å². The molecule has 124 valence electrons. The molecule has 0 spiro atoms. The van der Waals surface area contributed by atoms with Crippen LogP contribution in [-0.4, -0.2) is 23.4 Å². The van der Waals surface area contributed by atoms with E-state index in [2.05, 4.69) is 0 Å². The monoisotopic (exact) mass is 318 g/mol. The highest BCUT2D eigenvalue weighted by atomic mass is 16.1. The van der Waals surface area contributed by atoms with Crippen molar-refractivity contribution in [3.8, 4) is 0 Å². The second kappa shape index (κ2) is 8.22. The van der Waals surface area contributed by atoms with E-state index in [0.717, 1.165) is 0 Å². The van der Waals surface area contributed by atoms with E-state index in [1.54, 1.807) is 12.1 Å². The van der Waals surface area contributed by atoms with E-state index in [1.807, 2.05) is 0 Å². The Balaban J connectivity index is 3.06. The molecule has 23 heavy (non-hydrogen) atoms. The lowest BCUT2D eigenvalue weighted by Crippen LogP contribution is -2.22. The number of carbonyl (C=O) groups is 4. The van der Waals surface area contributed by atoms with Crippen LogP contribution in [0.15, 0.2) is 18.2 Å². The topological polar surface area (TPSA) is 120 Å². The van der Waals surface area contributed by atoms with Crippen molar-refractivity contribution < 1.29 is 19.2 Å². The van der Waals surface area contributed by atoms with E-state index in [1.165, 1.54) is 19.9 Å². The maximum Gasteiger partial charge on any atom is 0.224 e. The fourth-order valence-corrected chi connectivity index (χ4v) is 2.38. The van der Waals surface area contributed by atoms with Gasteiger partial charge in [0.05, 0.1) is 5.92 Å². The standard InChI is InChI=1S/C17H22N2O4/c1-10(20)12-7-13(11(2)21)9-14(8-12)15(17(19)23)5-3-4-6-16(18)22/h7-9,15H,3-6H2,1-2H3,(H2,18,22)(H2,19,23). The van der Waals surface area contributed by atoms with Gasteiger partial charge in [0.25, 0.3) is 0 Å². The number of benzene rings is 1. The quantitative estimate of drug-likeness (QED) is 0.531. The van der Waals surface area contributed by atoms with Crippen molar-refractivity contribution in [2.45, 2.75) is 45.4 Å². The first-order chi connectivity index (χ1) is 10.7. The van der Waals surface area contributed by atoms with Crippen molar-refractivity contribution in [1.82, 2.24) is 0 Å². The summed E-state index contributed by atoms with van der Waals surface area (Å²) >= 11 is 0. The maximum atomic E-state index is 11.8. The van der Waals surface area contributed by atoms with Crippen LogP contribution in [0.1, 0.15) is 71.7 Å². The van der Waals surface area contributed by atoms with Crippen LogP contribution in [0.2, 0.25) is 0 Å². The summed E-state index contributed by atoms with van der Waals surface area (Å²) in [6.45, 7) is 2.80. The van der Waals surface area contributed by atoms with Gasteiger partial charge in [-0.15, -0.1) is 0 Å². The third-order valence-corrected chi connectivity index (χ3v) is 3.68. The van der Waals surface area contributed by atoms with Crippen LogP contribution < -0.4 is 11.5 Å². The molecular formula is C17H22N2O4. The number of hydrogen-bond acceptors (Lipinski definition) is 4. The SMILES string of the molecule is CC(=O)c1cc(C(C)=O)cc(C(CCCCC(N)=O)C(N)=O)c1. The zero-order valence-electron chi connectivity index (χ0n) is 13.4. The molecule has 1 atom stereocenters. The van der Waals surface area contributed by atoms with Gasteiger partial charge in [-0.2, -0.15) is 0 Å². The number of nitrogens with two attached hydrogens (primary N) is 2. The molecule has 6 heteroatoms. The van der Waals surface area contributed by atoms with Crippen molar-refractivity contribution in [3.63, 3.8) is 0 Å². The van der Waals surface area contributed by atoms with Gasteiger partial charge in [-0.05, 0) is 50.5 Å². The molecule has 1 unspecified atom stereocenters. The van der Waals surface area contributed by atoms with Gasteiger partial charge in [0.15, 0.2) is 11.6 Å². The zero-order chi connectivity index (χ0) is 17.6. The molecule has 0 aromatic heterocycles. The first kappa shape index (κ1) is 18.5. The smallest absolute Gasteiger partial charge is 0.224 e. The normalized spacial score (nSPS) is 11.7. The summed E-state index contributed by atoms with van der Waals surface area (Å²) < 4.78 is 0. The maximum absolute atomic E-state index is 11.8. The minimum Gasteiger partial charge on any atom is -0.370 e. The second-order valence-corrected chi connectivity index (χ2v) is 5.62. The number of carbonyl (C=O) groups excluding carboxylic acids is 4. The van der Waals surface area contributed by atoms with Gasteiger partial charge in [0.2, 0.25) is 11.8 Å². The number of unbranched alkanes of at least 4 members (excludes halogenated alkanes) is 1. The molecule has 0 radical (unpaired) electrons. The zero-order valence-corrected chi connectivity index (χ0v) is 13.4. The fraction of sp³-hybridized carbons (Fsp3) is 0.412. The number of amides is 2. The van der Waals surface area contributed by atoms with Crippen LogP contribution in [0.3, 0.4) is 0 Å². The molecule has 0 fully saturated rings. The molecule has 1 aromatic rings. The Labute approximate surface area is 135 Å². The Morgan fingerprint density at radius 3 is 1.83 bits per heavy atom. The number of primary amides is 2. The van der Waals surface area contributed by atoms with Crippen molar-refractivity contribution in [2.24, 2.45) is 11.5 Å². The third-order valence-electron chi connectivity index (χ3n) is 3.68. The number of hydrogen-bond donors (Lipinski definition) is 2. The lowest BCUT2D eigenvalue weighted by molar-refractivity contribution is -0.119. The number of rotatable bonds is 9. The molecule has 1 rings (SSSR count). The van der Waals surface area contributed by atoms with E-state index in [0.29, 0.717) is 36.0 Å². The van der Waals surface area contributed by atoms with Crippen LogP contribution in [-0.2, 0) is 9.59 Å². The van der Waals surface area contributed by atoms with E-state index in [4.69, 9.17) is 11.5 Å². The van der Waals surface area contributed by atoms with Crippen molar-refractivity contribution in [3.05, 3.63) is 34.9 Å². The summed E-state index contributed by atoms with van der Waals surface area (Å²) in [5, 5.41) is 0. The predicted octanol–water partition coefficient (Wildman–Crippen LogP) is 1.71. The molecule has 6 nitrogen and oxygen atoms in total. The largest absolute Gasteiger partial charge is 0.370 e. The summed E-state index contributed by atoms with van der Waals surface area (Å²) in [7, 11) is 0. The van der Waals surface area contributed by atoms with Crippen molar-refractivity contribution in [2.75, 3.05) is 0 Å². The highest BCUT2D eigenvalue weighted by molar-refractivity contribution is 6.00. The van der Waals surface area contributed by atoms with Gasteiger partial charge >= 0.3 is 0 Å². The predicted molar refractivity (Wildman–Crippen MR) is 86.0 cm³/mol. The van der Waals surface area contributed by atoms with Crippen molar-refractivity contribution >= 4 is 23.4 Å². The van der Waals surface area contributed by atoms with E-state index >= 15 is 0 Å².